The minimum absolute atomic E-state index is 0.157. The third-order valence-electron chi connectivity index (χ3n) is 3.33. The fourth-order valence-electron chi connectivity index (χ4n) is 2.55. The van der Waals surface area contributed by atoms with Crippen molar-refractivity contribution in [1.29, 1.82) is 0 Å². The molecule has 13 heavy (non-hydrogen) atoms. The highest BCUT2D eigenvalue weighted by Gasteiger charge is 2.32. The third kappa shape index (κ3) is 1.64. The van der Waals surface area contributed by atoms with Crippen molar-refractivity contribution >= 4 is 6.03 Å². The van der Waals surface area contributed by atoms with Gasteiger partial charge in [-0.3, -0.25) is 0 Å². The average Bonchev–Trinajstić information content (AvgIpc) is 2.52. The summed E-state index contributed by atoms with van der Waals surface area (Å²) in [6.07, 6.45) is 4.88. The summed E-state index contributed by atoms with van der Waals surface area (Å²) >= 11 is 0. The molecule has 1 saturated heterocycles. The summed E-state index contributed by atoms with van der Waals surface area (Å²) in [5.41, 5.74) is 0. The van der Waals surface area contributed by atoms with E-state index in [9.17, 15) is 4.79 Å². The molecular weight excluding hydrogens is 164 g/mol. The van der Waals surface area contributed by atoms with E-state index in [-0.39, 0.29) is 6.03 Å². The molecule has 1 aliphatic heterocycles. The first-order chi connectivity index (χ1) is 6.29. The molecule has 0 bridgehead atoms. The van der Waals surface area contributed by atoms with Gasteiger partial charge in [-0.15, -0.1) is 0 Å². The van der Waals surface area contributed by atoms with E-state index in [1.807, 2.05) is 4.90 Å². The number of urea groups is 1. The first kappa shape index (κ1) is 8.85. The number of amides is 2. The summed E-state index contributed by atoms with van der Waals surface area (Å²) < 4.78 is 0. The van der Waals surface area contributed by atoms with Gasteiger partial charge in [0.05, 0.1) is 0 Å². The Morgan fingerprint density at radius 3 is 2.85 bits per heavy atom. The van der Waals surface area contributed by atoms with E-state index in [1.54, 1.807) is 0 Å². The second-order valence-corrected chi connectivity index (χ2v) is 4.25. The molecule has 2 aliphatic rings. The maximum Gasteiger partial charge on any atom is 0.317 e. The molecule has 2 fully saturated rings. The molecule has 2 unspecified atom stereocenters. The molecule has 0 aromatic rings. The molecule has 3 heteroatoms. The molecule has 0 aromatic carbocycles. The molecule has 3 nitrogen and oxygen atoms in total. The predicted molar refractivity (Wildman–Crippen MR) is 51.5 cm³/mol. The van der Waals surface area contributed by atoms with Crippen LogP contribution in [-0.4, -0.2) is 30.1 Å². The maximum atomic E-state index is 11.5. The minimum atomic E-state index is 0.157. The molecule has 1 N–H and O–H groups in total. The second kappa shape index (κ2) is 3.56. The number of nitrogens with one attached hydrogen (secondary N) is 1. The highest BCUT2D eigenvalue weighted by Crippen LogP contribution is 2.30. The first-order valence-electron chi connectivity index (χ1n) is 5.33. The standard InChI is InChI=1S/C10H18N2O/c1-8-4-2-5-9(8)12-7-3-6-11-10(12)13/h8-9H,2-7H2,1H3,(H,11,13). The Morgan fingerprint density at radius 2 is 2.23 bits per heavy atom. The van der Waals surface area contributed by atoms with Gasteiger partial charge < -0.3 is 10.2 Å². The van der Waals surface area contributed by atoms with Crippen molar-refractivity contribution in [2.24, 2.45) is 5.92 Å². The number of nitrogens with zero attached hydrogens (tertiary/aromatic N) is 1. The first-order valence-corrected chi connectivity index (χ1v) is 5.33. The van der Waals surface area contributed by atoms with Crippen LogP contribution in [0.15, 0.2) is 0 Å². The van der Waals surface area contributed by atoms with Gasteiger partial charge in [0.25, 0.3) is 0 Å². The SMILES string of the molecule is CC1CCCC1N1CCCNC1=O. The normalized spacial score (nSPS) is 34.8. The van der Waals surface area contributed by atoms with Crippen molar-refractivity contribution in [3.05, 3.63) is 0 Å². The Bertz CT molecular complexity index is 205. The van der Waals surface area contributed by atoms with Gasteiger partial charge in [0.2, 0.25) is 0 Å². The van der Waals surface area contributed by atoms with Crippen molar-refractivity contribution in [2.45, 2.75) is 38.6 Å². The van der Waals surface area contributed by atoms with Crippen molar-refractivity contribution < 1.29 is 4.79 Å². The van der Waals surface area contributed by atoms with Gasteiger partial charge in [-0.1, -0.05) is 13.3 Å². The van der Waals surface area contributed by atoms with Gasteiger partial charge in [-0.05, 0) is 25.2 Å². The van der Waals surface area contributed by atoms with Crippen molar-refractivity contribution in [1.82, 2.24) is 10.2 Å². The molecule has 0 spiro atoms. The fraction of sp³-hybridized carbons (Fsp3) is 0.900. The lowest BCUT2D eigenvalue weighted by Crippen LogP contribution is -2.51. The second-order valence-electron chi connectivity index (χ2n) is 4.25. The van der Waals surface area contributed by atoms with Crippen LogP contribution in [0.25, 0.3) is 0 Å². The van der Waals surface area contributed by atoms with Crippen molar-refractivity contribution in [2.75, 3.05) is 13.1 Å². The zero-order valence-electron chi connectivity index (χ0n) is 8.25. The number of carbonyl (C=O) groups excluding carboxylic acids is 1. The molecule has 0 radical (unpaired) electrons. The van der Waals surface area contributed by atoms with Crippen LogP contribution < -0.4 is 5.32 Å². The predicted octanol–water partition coefficient (Wildman–Crippen LogP) is 1.59. The van der Waals surface area contributed by atoms with Gasteiger partial charge in [0.15, 0.2) is 0 Å². The largest absolute Gasteiger partial charge is 0.338 e. The van der Waals surface area contributed by atoms with Crippen molar-refractivity contribution in [3.8, 4) is 0 Å². The number of hydrogen-bond donors (Lipinski definition) is 1. The van der Waals surface area contributed by atoms with E-state index >= 15 is 0 Å². The van der Waals surface area contributed by atoms with E-state index in [0.717, 1.165) is 19.5 Å². The highest BCUT2D eigenvalue weighted by molar-refractivity contribution is 5.75. The smallest absolute Gasteiger partial charge is 0.317 e. The Morgan fingerprint density at radius 1 is 1.38 bits per heavy atom. The van der Waals surface area contributed by atoms with Crippen LogP contribution in [0.3, 0.4) is 0 Å². The van der Waals surface area contributed by atoms with Gasteiger partial charge in [0.1, 0.15) is 0 Å². The molecule has 2 rings (SSSR count). The van der Waals surface area contributed by atoms with E-state index in [1.165, 1.54) is 19.3 Å². The Labute approximate surface area is 79.5 Å². The van der Waals surface area contributed by atoms with Gasteiger partial charge in [-0.2, -0.15) is 0 Å². The molecule has 0 aromatic heterocycles. The van der Waals surface area contributed by atoms with Crippen LogP contribution in [0.1, 0.15) is 32.6 Å². The van der Waals surface area contributed by atoms with Crippen LogP contribution in [0.4, 0.5) is 4.79 Å². The molecule has 1 saturated carbocycles. The fourth-order valence-corrected chi connectivity index (χ4v) is 2.55. The number of rotatable bonds is 1. The zero-order chi connectivity index (χ0) is 9.26. The zero-order valence-corrected chi connectivity index (χ0v) is 8.25. The Balaban J connectivity index is 2.01. The van der Waals surface area contributed by atoms with Crippen LogP contribution in [0.5, 0.6) is 0 Å². The monoisotopic (exact) mass is 182 g/mol. The summed E-state index contributed by atoms with van der Waals surface area (Å²) in [5.74, 6) is 0.698. The lowest BCUT2D eigenvalue weighted by molar-refractivity contribution is 0.148. The topological polar surface area (TPSA) is 32.3 Å². The molecule has 74 valence electrons. The summed E-state index contributed by atoms with van der Waals surface area (Å²) in [6.45, 7) is 4.08. The summed E-state index contributed by atoms with van der Waals surface area (Å²) in [6, 6.07) is 0.672. The number of carbonyl (C=O) groups is 1. The van der Waals surface area contributed by atoms with Crippen LogP contribution in [-0.2, 0) is 0 Å². The van der Waals surface area contributed by atoms with E-state index in [0.29, 0.717) is 12.0 Å². The molecule has 2 atom stereocenters. The molecule has 2 amide bonds. The summed E-state index contributed by atoms with van der Waals surface area (Å²) in [5, 5.41) is 2.92. The molecular formula is C10H18N2O. The lowest BCUT2D eigenvalue weighted by atomic mass is 10.0. The third-order valence-corrected chi connectivity index (χ3v) is 3.33. The summed E-state index contributed by atoms with van der Waals surface area (Å²) in [4.78, 5) is 13.6. The van der Waals surface area contributed by atoms with Gasteiger partial charge in [-0.25, -0.2) is 4.79 Å². The molecule has 1 heterocycles. The minimum Gasteiger partial charge on any atom is -0.338 e. The van der Waals surface area contributed by atoms with Crippen LogP contribution in [0, 0.1) is 5.92 Å². The van der Waals surface area contributed by atoms with Gasteiger partial charge in [0, 0.05) is 19.1 Å². The maximum absolute atomic E-state index is 11.5. The van der Waals surface area contributed by atoms with Gasteiger partial charge >= 0.3 is 6.03 Å². The van der Waals surface area contributed by atoms with Crippen LogP contribution in [0.2, 0.25) is 0 Å². The van der Waals surface area contributed by atoms with Crippen molar-refractivity contribution in [3.63, 3.8) is 0 Å². The highest BCUT2D eigenvalue weighted by atomic mass is 16.2. The van der Waals surface area contributed by atoms with E-state index in [4.69, 9.17) is 0 Å². The Hall–Kier alpha value is -0.730. The van der Waals surface area contributed by atoms with Crippen LogP contribution >= 0.6 is 0 Å². The Kier molecular flexibility index (Phi) is 2.42. The summed E-state index contributed by atoms with van der Waals surface area (Å²) in [7, 11) is 0. The number of hydrogen-bond acceptors (Lipinski definition) is 1. The lowest BCUT2D eigenvalue weighted by Gasteiger charge is -2.35. The van der Waals surface area contributed by atoms with E-state index < -0.39 is 0 Å². The molecule has 1 aliphatic carbocycles. The van der Waals surface area contributed by atoms with E-state index in [2.05, 4.69) is 12.2 Å². The average molecular weight is 182 g/mol. The quantitative estimate of drug-likeness (QED) is 0.656.